The Morgan fingerprint density at radius 1 is 1.00 bits per heavy atom. The van der Waals surface area contributed by atoms with Crippen molar-refractivity contribution in [2.24, 2.45) is 5.41 Å². The Morgan fingerprint density at radius 2 is 1.52 bits per heavy atom. The van der Waals surface area contributed by atoms with Gasteiger partial charge in [-0.15, -0.1) is 0 Å². The van der Waals surface area contributed by atoms with E-state index in [2.05, 4.69) is 36.7 Å². The van der Waals surface area contributed by atoms with Gasteiger partial charge in [-0.05, 0) is 17.7 Å². The summed E-state index contributed by atoms with van der Waals surface area (Å²) < 4.78 is 19.6. The molecule has 0 unspecified atom stereocenters. The number of carbonyl (C=O) groups excluding carboxylic acids is 4. The van der Waals surface area contributed by atoms with E-state index in [1.165, 1.54) is 0 Å². The predicted octanol–water partition coefficient (Wildman–Crippen LogP) is 1.94. The van der Waals surface area contributed by atoms with E-state index in [1.807, 2.05) is 6.07 Å². The molecule has 0 aliphatic heterocycles. The third-order valence-electron chi connectivity index (χ3n) is 3.63. The molecule has 0 bridgehead atoms. The van der Waals surface area contributed by atoms with E-state index in [0.29, 0.717) is 5.56 Å². The first kappa shape index (κ1) is 22.4. The van der Waals surface area contributed by atoms with Crippen LogP contribution in [0.4, 0.5) is 0 Å². The molecule has 0 amide bonds. The molecular formula is C18H19BrO8. The zero-order valence-corrected chi connectivity index (χ0v) is 16.7. The van der Waals surface area contributed by atoms with Crippen molar-refractivity contribution in [3.63, 3.8) is 0 Å². The molecule has 0 spiro atoms. The highest BCUT2D eigenvalue weighted by Crippen LogP contribution is 2.31. The average molecular weight is 443 g/mol. The minimum Gasteiger partial charge on any atom is -0.468 e. The molecule has 9 heteroatoms. The van der Waals surface area contributed by atoms with Crippen molar-refractivity contribution in [1.82, 2.24) is 0 Å². The molecule has 0 radical (unpaired) electrons. The maximum absolute atomic E-state index is 12.2. The largest absolute Gasteiger partial charge is 0.468 e. The second-order valence-corrected chi connectivity index (χ2v) is 6.28. The molecule has 0 aliphatic carbocycles. The van der Waals surface area contributed by atoms with Gasteiger partial charge in [0.1, 0.15) is 6.61 Å². The van der Waals surface area contributed by atoms with Crippen molar-refractivity contribution in [3.8, 4) is 0 Å². The number of benzene rings is 1. The summed E-state index contributed by atoms with van der Waals surface area (Å²) in [4.78, 5) is 48.8. The second kappa shape index (κ2) is 9.86. The van der Waals surface area contributed by atoms with E-state index in [1.54, 1.807) is 18.2 Å². The van der Waals surface area contributed by atoms with Crippen molar-refractivity contribution in [2.45, 2.75) is 13.0 Å². The number of halogens is 1. The van der Waals surface area contributed by atoms with Gasteiger partial charge in [-0.3, -0.25) is 14.4 Å². The highest BCUT2D eigenvalue weighted by molar-refractivity contribution is 9.10. The van der Waals surface area contributed by atoms with Gasteiger partial charge in [0.15, 0.2) is 0 Å². The van der Waals surface area contributed by atoms with Crippen molar-refractivity contribution in [1.29, 1.82) is 0 Å². The lowest BCUT2D eigenvalue weighted by atomic mass is 9.81. The van der Waals surface area contributed by atoms with E-state index in [4.69, 9.17) is 4.74 Å². The Morgan fingerprint density at radius 3 is 1.96 bits per heavy atom. The van der Waals surface area contributed by atoms with Crippen molar-refractivity contribution < 1.29 is 38.1 Å². The van der Waals surface area contributed by atoms with Crippen LogP contribution in [-0.4, -0.2) is 45.2 Å². The van der Waals surface area contributed by atoms with Crippen LogP contribution in [0, 0.1) is 5.41 Å². The molecule has 0 fully saturated rings. The second-order valence-electron chi connectivity index (χ2n) is 5.37. The minimum atomic E-state index is -2.51. The number of rotatable bonds is 8. The fourth-order valence-corrected chi connectivity index (χ4v) is 2.71. The molecule has 8 nitrogen and oxygen atoms in total. The van der Waals surface area contributed by atoms with E-state index < -0.39 is 35.7 Å². The molecule has 1 aromatic carbocycles. The standard InChI is InChI=1S/C18H19BrO8/c1-11(14(20)27-10-12-6-5-7-13(19)8-12)9-18(15(21)24-2,16(22)25-3)17(23)26-4/h5-8H,1,9-10H2,2-4H3. The first-order valence-electron chi connectivity index (χ1n) is 7.57. The zero-order chi connectivity index (χ0) is 20.6. The zero-order valence-electron chi connectivity index (χ0n) is 15.1. The Hall–Kier alpha value is -2.68. The van der Waals surface area contributed by atoms with E-state index in [9.17, 15) is 19.2 Å². The summed E-state index contributed by atoms with van der Waals surface area (Å²) in [5.41, 5.74) is -2.11. The van der Waals surface area contributed by atoms with Gasteiger partial charge in [-0.25, -0.2) is 4.79 Å². The van der Waals surface area contributed by atoms with E-state index >= 15 is 0 Å². The Bertz CT molecular complexity index is 715. The van der Waals surface area contributed by atoms with Crippen LogP contribution in [0.25, 0.3) is 0 Å². The molecular weight excluding hydrogens is 424 g/mol. The lowest BCUT2D eigenvalue weighted by Crippen LogP contribution is -2.49. The number of esters is 4. The molecule has 1 aromatic rings. The van der Waals surface area contributed by atoms with Gasteiger partial charge >= 0.3 is 23.9 Å². The molecule has 27 heavy (non-hydrogen) atoms. The smallest absolute Gasteiger partial charge is 0.335 e. The molecule has 0 aromatic heterocycles. The highest BCUT2D eigenvalue weighted by atomic mass is 79.9. The van der Waals surface area contributed by atoms with Crippen LogP contribution in [0.3, 0.4) is 0 Å². The summed E-state index contributed by atoms with van der Waals surface area (Å²) in [6.45, 7) is 3.44. The summed E-state index contributed by atoms with van der Waals surface area (Å²) in [5, 5.41) is 0. The monoisotopic (exact) mass is 442 g/mol. The molecule has 0 N–H and O–H groups in total. The fraction of sp³-hybridized carbons (Fsp3) is 0.333. The molecule has 0 heterocycles. The lowest BCUT2D eigenvalue weighted by Gasteiger charge is -2.25. The fourth-order valence-electron chi connectivity index (χ4n) is 2.26. The molecule has 0 atom stereocenters. The molecule has 0 saturated heterocycles. The van der Waals surface area contributed by atoms with Gasteiger partial charge in [-0.1, -0.05) is 34.6 Å². The topological polar surface area (TPSA) is 105 Å². The summed E-state index contributed by atoms with van der Waals surface area (Å²) in [7, 11) is 2.95. The van der Waals surface area contributed by atoms with E-state index in [0.717, 1.165) is 25.8 Å². The summed E-state index contributed by atoms with van der Waals surface area (Å²) in [5.74, 6) is -4.59. The predicted molar refractivity (Wildman–Crippen MR) is 96.2 cm³/mol. The highest BCUT2D eigenvalue weighted by Gasteiger charge is 2.57. The summed E-state index contributed by atoms with van der Waals surface area (Å²) in [6.07, 6.45) is -0.712. The summed E-state index contributed by atoms with van der Waals surface area (Å²) in [6, 6.07) is 7.06. The SMILES string of the molecule is C=C(CC(C(=O)OC)(C(=O)OC)C(=O)OC)C(=O)OCc1cccc(Br)c1. The van der Waals surface area contributed by atoms with Gasteiger partial charge in [0, 0.05) is 16.5 Å². The third kappa shape index (κ3) is 5.16. The number of methoxy groups -OCH3 is 3. The van der Waals surface area contributed by atoms with Gasteiger partial charge in [-0.2, -0.15) is 0 Å². The first-order chi connectivity index (χ1) is 12.7. The molecule has 0 saturated carbocycles. The van der Waals surface area contributed by atoms with E-state index in [-0.39, 0.29) is 12.2 Å². The lowest BCUT2D eigenvalue weighted by molar-refractivity contribution is -0.180. The molecule has 1 rings (SSSR count). The van der Waals surface area contributed by atoms with Crippen LogP contribution in [0.1, 0.15) is 12.0 Å². The van der Waals surface area contributed by atoms with Gasteiger partial charge < -0.3 is 18.9 Å². The average Bonchev–Trinajstić information content (AvgIpc) is 2.68. The van der Waals surface area contributed by atoms with Crippen LogP contribution >= 0.6 is 15.9 Å². The van der Waals surface area contributed by atoms with Crippen LogP contribution in [0.15, 0.2) is 40.9 Å². The van der Waals surface area contributed by atoms with Gasteiger partial charge in [0.05, 0.1) is 21.3 Å². The summed E-state index contributed by atoms with van der Waals surface area (Å²) >= 11 is 3.30. The number of carbonyl (C=O) groups is 4. The Labute approximate surface area is 164 Å². The third-order valence-corrected chi connectivity index (χ3v) is 4.12. The maximum Gasteiger partial charge on any atom is 0.335 e. The van der Waals surface area contributed by atoms with Gasteiger partial charge in [0.2, 0.25) is 0 Å². The van der Waals surface area contributed by atoms with Crippen molar-refractivity contribution in [3.05, 3.63) is 46.5 Å². The first-order valence-corrected chi connectivity index (χ1v) is 8.36. The maximum atomic E-state index is 12.2. The van der Waals surface area contributed by atoms with Crippen LogP contribution in [0.5, 0.6) is 0 Å². The quantitative estimate of drug-likeness (QED) is 0.260. The number of hydrogen-bond acceptors (Lipinski definition) is 8. The minimum absolute atomic E-state index is 0.0705. The number of ether oxygens (including phenoxy) is 4. The number of hydrogen-bond donors (Lipinski definition) is 0. The Balaban J connectivity index is 3.00. The molecule has 146 valence electrons. The van der Waals surface area contributed by atoms with Gasteiger partial charge in [0.25, 0.3) is 5.41 Å². The van der Waals surface area contributed by atoms with Crippen LogP contribution < -0.4 is 0 Å². The van der Waals surface area contributed by atoms with Crippen LogP contribution in [0.2, 0.25) is 0 Å². The molecule has 0 aliphatic rings. The normalized spacial score (nSPS) is 10.5. The Kier molecular flexibility index (Phi) is 8.17. The van der Waals surface area contributed by atoms with Crippen LogP contribution in [-0.2, 0) is 44.7 Å². The van der Waals surface area contributed by atoms with Crippen molar-refractivity contribution in [2.75, 3.05) is 21.3 Å². The van der Waals surface area contributed by atoms with Crippen molar-refractivity contribution >= 4 is 39.8 Å².